The van der Waals surface area contributed by atoms with Crippen LogP contribution in [0.3, 0.4) is 0 Å². The van der Waals surface area contributed by atoms with Crippen molar-refractivity contribution in [3.05, 3.63) is 30.3 Å². The summed E-state index contributed by atoms with van der Waals surface area (Å²) in [6, 6.07) is 10.5. The van der Waals surface area contributed by atoms with Gasteiger partial charge < -0.3 is 20.3 Å². The molecule has 0 fully saturated rings. The summed E-state index contributed by atoms with van der Waals surface area (Å²) >= 11 is 0. The molecule has 0 amide bonds. The van der Waals surface area contributed by atoms with Crippen LogP contribution in [-0.2, 0) is 4.74 Å². The minimum Gasteiger partial charge on any atom is -0.385 e. The van der Waals surface area contributed by atoms with Gasteiger partial charge in [-0.05, 0) is 31.9 Å². The summed E-state index contributed by atoms with van der Waals surface area (Å²) in [5.41, 5.74) is 1.28. The number of aliphatic imine (C=N–C) groups is 1. The van der Waals surface area contributed by atoms with E-state index in [1.807, 2.05) is 0 Å². The molecule has 1 aromatic carbocycles. The van der Waals surface area contributed by atoms with Crippen LogP contribution in [0.2, 0.25) is 0 Å². The normalized spacial score (nSPS) is 11.3. The molecule has 1 rings (SSSR count). The number of rotatable bonds is 10. The fourth-order valence-electron chi connectivity index (χ4n) is 2.23. The van der Waals surface area contributed by atoms with E-state index < -0.39 is 0 Å². The van der Waals surface area contributed by atoms with Crippen LogP contribution in [-0.4, -0.2) is 52.9 Å². The van der Waals surface area contributed by atoms with E-state index in [1.165, 1.54) is 5.69 Å². The minimum absolute atomic E-state index is 0.770. The number of anilines is 1. The van der Waals surface area contributed by atoms with Crippen molar-refractivity contribution in [2.24, 2.45) is 4.99 Å². The summed E-state index contributed by atoms with van der Waals surface area (Å²) in [5, 5.41) is 6.63. The van der Waals surface area contributed by atoms with Crippen molar-refractivity contribution in [3.63, 3.8) is 0 Å². The Morgan fingerprint density at radius 1 is 1.14 bits per heavy atom. The average molecular weight is 306 g/mol. The maximum absolute atomic E-state index is 5.03. The lowest BCUT2D eigenvalue weighted by molar-refractivity contribution is 0.195. The Balaban J connectivity index is 2.22. The number of hydrogen-bond donors (Lipinski definition) is 2. The van der Waals surface area contributed by atoms with E-state index in [-0.39, 0.29) is 0 Å². The van der Waals surface area contributed by atoms with Gasteiger partial charge in [0, 0.05) is 52.6 Å². The molecule has 0 saturated heterocycles. The van der Waals surface area contributed by atoms with E-state index in [0.29, 0.717) is 0 Å². The third kappa shape index (κ3) is 7.31. The number of benzene rings is 1. The predicted octanol–water partition coefficient (Wildman–Crippen LogP) is 2.10. The Labute approximate surface area is 134 Å². The van der Waals surface area contributed by atoms with Crippen LogP contribution in [0.15, 0.2) is 35.3 Å². The molecular formula is C17H30N4O. The quantitative estimate of drug-likeness (QED) is 0.395. The van der Waals surface area contributed by atoms with E-state index in [4.69, 9.17) is 4.74 Å². The second-order valence-corrected chi connectivity index (χ2v) is 5.04. The summed E-state index contributed by atoms with van der Waals surface area (Å²) in [4.78, 5) is 6.61. The standard InChI is InChI=1S/C17H30N4O/c1-4-21(16-10-6-5-7-11-16)14-8-12-19-17(18-2)20-13-9-15-22-3/h5-7,10-11H,4,8-9,12-15H2,1-3H3,(H2,18,19,20). The summed E-state index contributed by atoms with van der Waals surface area (Å²) in [6.07, 6.45) is 2.05. The molecule has 0 aliphatic carbocycles. The van der Waals surface area contributed by atoms with Gasteiger partial charge in [0.25, 0.3) is 0 Å². The largest absolute Gasteiger partial charge is 0.385 e. The molecule has 0 aliphatic heterocycles. The van der Waals surface area contributed by atoms with Crippen LogP contribution in [0, 0.1) is 0 Å². The highest BCUT2D eigenvalue weighted by molar-refractivity contribution is 5.79. The smallest absolute Gasteiger partial charge is 0.190 e. The van der Waals surface area contributed by atoms with Gasteiger partial charge in [-0.25, -0.2) is 0 Å². The van der Waals surface area contributed by atoms with E-state index in [2.05, 4.69) is 57.8 Å². The molecule has 0 radical (unpaired) electrons. The third-order valence-corrected chi connectivity index (χ3v) is 3.44. The molecule has 0 atom stereocenters. The highest BCUT2D eigenvalue weighted by Crippen LogP contribution is 2.12. The van der Waals surface area contributed by atoms with Crippen LogP contribution in [0.4, 0.5) is 5.69 Å². The zero-order chi connectivity index (χ0) is 16.0. The molecule has 0 saturated carbocycles. The molecule has 0 bridgehead atoms. The SMILES string of the molecule is CCN(CCCNC(=NC)NCCCOC)c1ccccc1. The molecule has 0 heterocycles. The van der Waals surface area contributed by atoms with Crippen molar-refractivity contribution < 1.29 is 4.74 Å². The molecule has 5 nitrogen and oxygen atoms in total. The molecule has 124 valence electrons. The zero-order valence-electron chi connectivity index (χ0n) is 14.1. The van der Waals surface area contributed by atoms with Gasteiger partial charge in [0.15, 0.2) is 5.96 Å². The summed E-state index contributed by atoms with van der Waals surface area (Å²) < 4.78 is 5.03. The molecule has 0 aromatic heterocycles. The number of nitrogens with zero attached hydrogens (tertiary/aromatic N) is 2. The number of guanidine groups is 1. The van der Waals surface area contributed by atoms with Crippen molar-refractivity contribution in [2.45, 2.75) is 19.8 Å². The van der Waals surface area contributed by atoms with Gasteiger partial charge in [-0.15, -0.1) is 0 Å². The van der Waals surface area contributed by atoms with Crippen molar-refractivity contribution in [1.82, 2.24) is 10.6 Å². The fourth-order valence-corrected chi connectivity index (χ4v) is 2.23. The topological polar surface area (TPSA) is 48.9 Å². The molecule has 0 spiro atoms. The third-order valence-electron chi connectivity index (χ3n) is 3.44. The molecule has 1 aromatic rings. The lowest BCUT2D eigenvalue weighted by atomic mass is 10.2. The van der Waals surface area contributed by atoms with Crippen LogP contribution >= 0.6 is 0 Å². The Hall–Kier alpha value is -1.75. The lowest BCUT2D eigenvalue weighted by Gasteiger charge is -2.23. The van der Waals surface area contributed by atoms with Crippen LogP contribution in [0.25, 0.3) is 0 Å². The van der Waals surface area contributed by atoms with Crippen molar-refractivity contribution in [1.29, 1.82) is 0 Å². The van der Waals surface area contributed by atoms with E-state index in [9.17, 15) is 0 Å². The lowest BCUT2D eigenvalue weighted by Crippen LogP contribution is -2.39. The second kappa shape index (κ2) is 11.9. The van der Waals surface area contributed by atoms with E-state index in [0.717, 1.165) is 51.6 Å². The van der Waals surface area contributed by atoms with Crippen molar-refractivity contribution >= 4 is 11.6 Å². The Morgan fingerprint density at radius 3 is 2.41 bits per heavy atom. The zero-order valence-corrected chi connectivity index (χ0v) is 14.1. The minimum atomic E-state index is 0.770. The molecular weight excluding hydrogens is 276 g/mol. The Morgan fingerprint density at radius 2 is 1.82 bits per heavy atom. The van der Waals surface area contributed by atoms with Gasteiger partial charge >= 0.3 is 0 Å². The monoisotopic (exact) mass is 306 g/mol. The van der Waals surface area contributed by atoms with Gasteiger partial charge in [0.1, 0.15) is 0 Å². The Bertz CT molecular complexity index is 408. The second-order valence-electron chi connectivity index (χ2n) is 5.04. The molecule has 5 heteroatoms. The van der Waals surface area contributed by atoms with Gasteiger partial charge in [0.05, 0.1) is 0 Å². The van der Waals surface area contributed by atoms with Crippen LogP contribution in [0.5, 0.6) is 0 Å². The van der Waals surface area contributed by atoms with Crippen LogP contribution in [0.1, 0.15) is 19.8 Å². The fraction of sp³-hybridized carbons (Fsp3) is 0.588. The summed E-state index contributed by atoms with van der Waals surface area (Å²) in [5.74, 6) is 0.860. The van der Waals surface area contributed by atoms with Crippen molar-refractivity contribution in [3.8, 4) is 0 Å². The maximum atomic E-state index is 5.03. The number of ether oxygens (including phenoxy) is 1. The first-order chi connectivity index (χ1) is 10.8. The van der Waals surface area contributed by atoms with E-state index >= 15 is 0 Å². The van der Waals surface area contributed by atoms with E-state index in [1.54, 1.807) is 14.2 Å². The van der Waals surface area contributed by atoms with Crippen LogP contribution < -0.4 is 15.5 Å². The summed E-state index contributed by atoms with van der Waals surface area (Å²) in [7, 11) is 3.52. The number of nitrogens with one attached hydrogen (secondary N) is 2. The van der Waals surface area contributed by atoms with Gasteiger partial charge in [-0.3, -0.25) is 4.99 Å². The molecule has 0 aliphatic rings. The number of para-hydroxylation sites is 1. The first kappa shape index (κ1) is 18.3. The first-order valence-corrected chi connectivity index (χ1v) is 8.05. The number of methoxy groups -OCH3 is 1. The van der Waals surface area contributed by atoms with Crippen molar-refractivity contribution in [2.75, 3.05) is 51.8 Å². The summed E-state index contributed by atoms with van der Waals surface area (Å²) in [6.45, 7) is 6.80. The van der Waals surface area contributed by atoms with Gasteiger partial charge in [-0.1, -0.05) is 18.2 Å². The Kier molecular flexibility index (Phi) is 9.87. The van der Waals surface area contributed by atoms with Gasteiger partial charge in [0.2, 0.25) is 0 Å². The highest BCUT2D eigenvalue weighted by atomic mass is 16.5. The predicted molar refractivity (Wildman–Crippen MR) is 94.8 cm³/mol. The average Bonchev–Trinajstić information content (AvgIpc) is 2.57. The molecule has 0 unspecified atom stereocenters. The first-order valence-electron chi connectivity index (χ1n) is 8.05. The molecule has 22 heavy (non-hydrogen) atoms. The van der Waals surface area contributed by atoms with Gasteiger partial charge in [-0.2, -0.15) is 0 Å². The highest BCUT2D eigenvalue weighted by Gasteiger charge is 2.03. The maximum Gasteiger partial charge on any atom is 0.190 e. The molecule has 2 N–H and O–H groups in total. The number of hydrogen-bond acceptors (Lipinski definition) is 3.